The van der Waals surface area contributed by atoms with Crippen molar-refractivity contribution in [3.63, 3.8) is 0 Å². The maximum Gasteiger partial charge on any atom is 0.197 e. The number of hydrogen-bond donors (Lipinski definition) is 0. The zero-order valence-corrected chi connectivity index (χ0v) is 11.5. The zero-order valence-electron chi connectivity index (χ0n) is 11.5. The Bertz CT molecular complexity index is 757. The first-order valence-corrected chi connectivity index (χ1v) is 6.64. The summed E-state index contributed by atoms with van der Waals surface area (Å²) >= 11 is 0. The number of ketones is 1. The lowest BCUT2D eigenvalue weighted by Crippen LogP contribution is -2.04. The highest BCUT2D eigenvalue weighted by atomic mass is 16.3. The van der Waals surface area contributed by atoms with Gasteiger partial charge in [-0.3, -0.25) is 9.78 Å². The van der Waals surface area contributed by atoms with Gasteiger partial charge < -0.3 is 4.42 Å². The van der Waals surface area contributed by atoms with E-state index in [-0.39, 0.29) is 11.7 Å². The van der Waals surface area contributed by atoms with Gasteiger partial charge in [-0.15, -0.1) is 0 Å². The van der Waals surface area contributed by atoms with Crippen molar-refractivity contribution in [3.8, 4) is 0 Å². The molecule has 3 nitrogen and oxygen atoms in total. The second kappa shape index (κ2) is 4.93. The number of benzene rings is 1. The van der Waals surface area contributed by atoms with Crippen molar-refractivity contribution in [2.75, 3.05) is 0 Å². The molecule has 2 heterocycles. The van der Waals surface area contributed by atoms with Crippen LogP contribution in [0.3, 0.4) is 0 Å². The van der Waals surface area contributed by atoms with Gasteiger partial charge in [0.05, 0.1) is 5.56 Å². The van der Waals surface area contributed by atoms with Crippen molar-refractivity contribution in [2.24, 2.45) is 0 Å². The van der Waals surface area contributed by atoms with E-state index in [0.717, 1.165) is 16.7 Å². The van der Waals surface area contributed by atoms with Gasteiger partial charge in [0.15, 0.2) is 5.78 Å². The standard InChI is InChI=1S/C17H15NO2/c1-11(2)17-15(13-5-3-4-6-14(13)20-17)16(19)12-7-9-18-10-8-12/h3-11H,1-2H3. The fourth-order valence-corrected chi connectivity index (χ4v) is 2.35. The Morgan fingerprint density at radius 1 is 1.10 bits per heavy atom. The summed E-state index contributed by atoms with van der Waals surface area (Å²) in [6.07, 6.45) is 3.26. The summed E-state index contributed by atoms with van der Waals surface area (Å²) in [6, 6.07) is 11.1. The van der Waals surface area contributed by atoms with Crippen LogP contribution >= 0.6 is 0 Å². The maximum absolute atomic E-state index is 12.8. The highest BCUT2D eigenvalue weighted by Crippen LogP contribution is 2.32. The lowest BCUT2D eigenvalue weighted by atomic mass is 9.97. The fraction of sp³-hybridized carbons (Fsp3) is 0.176. The lowest BCUT2D eigenvalue weighted by Gasteiger charge is -2.05. The average molecular weight is 265 g/mol. The Hall–Kier alpha value is -2.42. The van der Waals surface area contributed by atoms with Crippen LogP contribution in [0.15, 0.2) is 53.2 Å². The third-order valence-electron chi connectivity index (χ3n) is 3.32. The highest BCUT2D eigenvalue weighted by Gasteiger charge is 2.23. The van der Waals surface area contributed by atoms with Crippen molar-refractivity contribution < 1.29 is 9.21 Å². The molecule has 3 rings (SSSR count). The van der Waals surface area contributed by atoms with Crippen LogP contribution in [-0.2, 0) is 0 Å². The average Bonchev–Trinajstić information content (AvgIpc) is 2.87. The second-order valence-electron chi connectivity index (χ2n) is 5.06. The van der Waals surface area contributed by atoms with E-state index in [0.29, 0.717) is 11.1 Å². The first-order chi connectivity index (χ1) is 9.68. The molecule has 1 aromatic carbocycles. The van der Waals surface area contributed by atoms with Crippen LogP contribution in [0.1, 0.15) is 41.4 Å². The predicted octanol–water partition coefficient (Wildman–Crippen LogP) is 4.18. The van der Waals surface area contributed by atoms with Crippen molar-refractivity contribution in [2.45, 2.75) is 19.8 Å². The third kappa shape index (κ3) is 2.01. The molecule has 0 N–H and O–H groups in total. The van der Waals surface area contributed by atoms with Crippen molar-refractivity contribution in [1.82, 2.24) is 4.98 Å². The van der Waals surface area contributed by atoms with Crippen LogP contribution in [0, 0.1) is 0 Å². The first kappa shape index (κ1) is 12.6. The minimum atomic E-state index is -0.0129. The summed E-state index contributed by atoms with van der Waals surface area (Å²) in [4.78, 5) is 16.7. The topological polar surface area (TPSA) is 43.1 Å². The molecule has 0 aliphatic rings. The number of furan rings is 1. The summed E-state index contributed by atoms with van der Waals surface area (Å²) < 4.78 is 5.87. The molecule has 0 spiro atoms. The molecule has 0 atom stereocenters. The largest absolute Gasteiger partial charge is 0.460 e. The molecular formula is C17H15NO2. The first-order valence-electron chi connectivity index (χ1n) is 6.64. The van der Waals surface area contributed by atoms with E-state index in [4.69, 9.17) is 4.42 Å². The number of carbonyl (C=O) groups is 1. The summed E-state index contributed by atoms with van der Waals surface area (Å²) in [6.45, 7) is 4.06. The minimum absolute atomic E-state index is 0.0129. The number of fused-ring (bicyclic) bond motifs is 1. The molecule has 0 radical (unpaired) electrons. The third-order valence-corrected chi connectivity index (χ3v) is 3.32. The molecule has 0 aliphatic heterocycles. The molecule has 100 valence electrons. The van der Waals surface area contributed by atoms with Crippen LogP contribution < -0.4 is 0 Å². The van der Waals surface area contributed by atoms with Gasteiger partial charge in [0.25, 0.3) is 0 Å². The zero-order chi connectivity index (χ0) is 14.1. The van der Waals surface area contributed by atoms with E-state index >= 15 is 0 Å². The summed E-state index contributed by atoms with van der Waals surface area (Å²) in [7, 11) is 0. The highest BCUT2D eigenvalue weighted by molar-refractivity contribution is 6.16. The van der Waals surface area contributed by atoms with Crippen molar-refractivity contribution >= 4 is 16.8 Å². The van der Waals surface area contributed by atoms with E-state index in [1.807, 2.05) is 38.1 Å². The van der Waals surface area contributed by atoms with Gasteiger partial charge in [0, 0.05) is 29.3 Å². The molecule has 0 unspecified atom stereocenters. The predicted molar refractivity (Wildman–Crippen MR) is 78.0 cm³/mol. The monoisotopic (exact) mass is 265 g/mol. The Labute approximate surface area is 117 Å². The lowest BCUT2D eigenvalue weighted by molar-refractivity contribution is 0.103. The van der Waals surface area contributed by atoms with Crippen LogP contribution in [0.4, 0.5) is 0 Å². The van der Waals surface area contributed by atoms with E-state index < -0.39 is 0 Å². The quantitative estimate of drug-likeness (QED) is 0.667. The molecule has 0 fully saturated rings. The van der Waals surface area contributed by atoms with Gasteiger partial charge in [0.2, 0.25) is 0 Å². The normalized spacial score (nSPS) is 11.2. The molecule has 0 amide bonds. The van der Waals surface area contributed by atoms with Gasteiger partial charge in [0.1, 0.15) is 11.3 Å². The molecule has 0 bridgehead atoms. The molecule has 0 saturated carbocycles. The molecule has 3 aromatic rings. The van der Waals surface area contributed by atoms with E-state index in [1.165, 1.54) is 0 Å². The number of hydrogen-bond acceptors (Lipinski definition) is 3. The Kier molecular flexibility index (Phi) is 3.11. The van der Waals surface area contributed by atoms with Crippen LogP contribution in [0.25, 0.3) is 11.0 Å². The van der Waals surface area contributed by atoms with Crippen molar-refractivity contribution in [3.05, 3.63) is 65.7 Å². The van der Waals surface area contributed by atoms with E-state index in [2.05, 4.69) is 4.98 Å². The molecule has 20 heavy (non-hydrogen) atoms. The molecule has 0 saturated heterocycles. The minimum Gasteiger partial charge on any atom is -0.460 e. The number of rotatable bonds is 3. The number of nitrogens with zero attached hydrogens (tertiary/aromatic N) is 1. The van der Waals surface area contributed by atoms with Crippen LogP contribution in [0.2, 0.25) is 0 Å². The van der Waals surface area contributed by atoms with Gasteiger partial charge >= 0.3 is 0 Å². The summed E-state index contributed by atoms with van der Waals surface area (Å²) in [5.41, 5.74) is 2.06. The number of para-hydroxylation sites is 1. The second-order valence-corrected chi connectivity index (χ2v) is 5.06. The number of carbonyl (C=O) groups excluding carboxylic acids is 1. The molecule has 3 heteroatoms. The summed E-state index contributed by atoms with van der Waals surface area (Å²) in [5, 5.41) is 0.873. The molecule has 2 aromatic heterocycles. The Balaban J connectivity index is 2.24. The Morgan fingerprint density at radius 3 is 2.50 bits per heavy atom. The summed E-state index contributed by atoms with van der Waals surface area (Å²) in [5.74, 6) is 0.886. The molecule has 0 aliphatic carbocycles. The molecular weight excluding hydrogens is 250 g/mol. The Morgan fingerprint density at radius 2 is 1.80 bits per heavy atom. The number of aromatic nitrogens is 1. The van der Waals surface area contributed by atoms with Crippen LogP contribution in [-0.4, -0.2) is 10.8 Å². The SMILES string of the molecule is CC(C)c1oc2ccccc2c1C(=O)c1ccncc1. The van der Waals surface area contributed by atoms with Gasteiger partial charge in [-0.2, -0.15) is 0 Å². The maximum atomic E-state index is 12.8. The van der Waals surface area contributed by atoms with E-state index in [9.17, 15) is 4.79 Å². The van der Waals surface area contributed by atoms with Gasteiger partial charge in [-0.25, -0.2) is 0 Å². The van der Waals surface area contributed by atoms with Crippen LogP contribution in [0.5, 0.6) is 0 Å². The van der Waals surface area contributed by atoms with Gasteiger partial charge in [-0.05, 0) is 18.2 Å². The number of pyridine rings is 1. The van der Waals surface area contributed by atoms with Gasteiger partial charge in [-0.1, -0.05) is 32.0 Å². The van der Waals surface area contributed by atoms with Crippen molar-refractivity contribution in [1.29, 1.82) is 0 Å². The fourth-order valence-electron chi connectivity index (χ4n) is 2.35. The smallest absolute Gasteiger partial charge is 0.197 e. The van der Waals surface area contributed by atoms with E-state index in [1.54, 1.807) is 24.5 Å².